The average molecular weight is 461 g/mol. The number of fused-ring (bicyclic) bond motifs is 2. The number of nitrogens with one attached hydrogen (secondary N) is 2. The first-order chi connectivity index (χ1) is 15.5. The molecule has 2 fully saturated rings. The zero-order chi connectivity index (χ0) is 22.8. The number of hydrogen-bond donors (Lipinski definition) is 3. The van der Waals surface area contributed by atoms with E-state index in [2.05, 4.69) is 22.8 Å². The second-order valence-corrected chi connectivity index (χ2v) is 9.78. The molecule has 3 rings (SSSR count). The van der Waals surface area contributed by atoms with Crippen molar-refractivity contribution in [1.82, 2.24) is 10.6 Å². The standard InChI is InChI=1S/C24H32N2O5S/c27-22(15-26-23(28)16-31-17-8-4-3-5-9-17)25-14-19-18(20-12-13-21(19)32-20)10-6-1-2-7-11-24(29)30/h1,3-6,8-9,18-21H,2,7,10-16H2,(H,25,27)(H,26,28)(H,29,30)/b6-1-. The van der Waals surface area contributed by atoms with Crippen molar-refractivity contribution in [3.63, 3.8) is 0 Å². The van der Waals surface area contributed by atoms with Crippen molar-refractivity contribution < 1.29 is 24.2 Å². The summed E-state index contributed by atoms with van der Waals surface area (Å²) in [5, 5.41) is 15.5. The zero-order valence-corrected chi connectivity index (χ0v) is 19.0. The van der Waals surface area contributed by atoms with Gasteiger partial charge in [0.1, 0.15) is 5.75 Å². The number of allylic oxidation sites excluding steroid dienone is 2. The van der Waals surface area contributed by atoms with E-state index in [0.717, 1.165) is 12.8 Å². The number of carboxylic acids is 1. The monoisotopic (exact) mass is 460 g/mol. The Bertz CT molecular complexity index is 801. The molecule has 174 valence electrons. The molecule has 0 spiro atoms. The van der Waals surface area contributed by atoms with Crippen LogP contribution in [0.2, 0.25) is 0 Å². The van der Waals surface area contributed by atoms with Crippen LogP contribution in [0.3, 0.4) is 0 Å². The van der Waals surface area contributed by atoms with Gasteiger partial charge in [0.25, 0.3) is 5.91 Å². The van der Waals surface area contributed by atoms with Crippen LogP contribution in [0.4, 0.5) is 0 Å². The topological polar surface area (TPSA) is 105 Å². The van der Waals surface area contributed by atoms with Crippen LogP contribution in [0.1, 0.15) is 38.5 Å². The Morgan fingerprint density at radius 3 is 2.53 bits per heavy atom. The highest BCUT2D eigenvalue weighted by molar-refractivity contribution is 8.01. The minimum Gasteiger partial charge on any atom is -0.484 e. The number of thioether (sulfide) groups is 1. The molecule has 0 aliphatic carbocycles. The first kappa shape index (κ1) is 24.2. The summed E-state index contributed by atoms with van der Waals surface area (Å²) in [4.78, 5) is 34.7. The number of para-hydroxylation sites is 1. The van der Waals surface area contributed by atoms with E-state index in [4.69, 9.17) is 9.84 Å². The third kappa shape index (κ3) is 7.58. The van der Waals surface area contributed by atoms with Gasteiger partial charge in [-0.3, -0.25) is 14.4 Å². The fraction of sp³-hybridized carbons (Fsp3) is 0.542. The Hall–Kier alpha value is -2.48. The minimum absolute atomic E-state index is 0.0565. The first-order valence-electron chi connectivity index (χ1n) is 11.3. The minimum atomic E-state index is -0.751. The summed E-state index contributed by atoms with van der Waals surface area (Å²) in [5.41, 5.74) is 0. The van der Waals surface area contributed by atoms with E-state index in [1.165, 1.54) is 12.8 Å². The zero-order valence-electron chi connectivity index (χ0n) is 18.2. The molecular formula is C24H32N2O5S. The summed E-state index contributed by atoms with van der Waals surface area (Å²) in [6.45, 7) is 0.446. The third-order valence-corrected chi connectivity index (χ3v) is 7.89. The van der Waals surface area contributed by atoms with Crippen LogP contribution < -0.4 is 15.4 Å². The number of benzene rings is 1. The molecule has 32 heavy (non-hydrogen) atoms. The SMILES string of the molecule is O=C(O)CCC/C=C\CC1C2CCC(S2)C1CNC(=O)CNC(=O)COc1ccccc1. The number of amides is 2. The van der Waals surface area contributed by atoms with Gasteiger partial charge in [0, 0.05) is 23.5 Å². The second-order valence-electron chi connectivity index (χ2n) is 8.29. The predicted molar refractivity (Wildman–Crippen MR) is 125 cm³/mol. The van der Waals surface area contributed by atoms with Gasteiger partial charge in [0.2, 0.25) is 5.91 Å². The molecule has 3 N–H and O–H groups in total. The first-order valence-corrected chi connectivity index (χ1v) is 12.2. The van der Waals surface area contributed by atoms with Crippen molar-refractivity contribution >= 4 is 29.5 Å². The van der Waals surface area contributed by atoms with E-state index >= 15 is 0 Å². The van der Waals surface area contributed by atoms with Gasteiger partial charge in [0.05, 0.1) is 6.54 Å². The van der Waals surface area contributed by atoms with Crippen LogP contribution in [-0.4, -0.2) is 53.1 Å². The van der Waals surface area contributed by atoms with Crippen LogP contribution in [0.15, 0.2) is 42.5 Å². The summed E-state index contributed by atoms with van der Waals surface area (Å²) >= 11 is 2.05. The van der Waals surface area contributed by atoms with Crippen molar-refractivity contribution in [2.45, 2.75) is 49.0 Å². The number of carbonyl (C=O) groups excluding carboxylic acids is 2. The van der Waals surface area contributed by atoms with Crippen molar-refractivity contribution in [3.05, 3.63) is 42.5 Å². The Balaban J connectivity index is 1.34. The Labute approximate surface area is 193 Å². The summed E-state index contributed by atoms with van der Waals surface area (Å²) in [6, 6.07) is 9.08. The lowest BCUT2D eigenvalue weighted by Gasteiger charge is -2.29. The molecule has 2 heterocycles. The molecule has 2 aliphatic heterocycles. The smallest absolute Gasteiger partial charge is 0.303 e. The molecule has 8 heteroatoms. The molecule has 0 radical (unpaired) electrons. The van der Waals surface area contributed by atoms with Gasteiger partial charge >= 0.3 is 5.97 Å². The highest BCUT2D eigenvalue weighted by Gasteiger charge is 2.47. The van der Waals surface area contributed by atoms with E-state index in [1.807, 2.05) is 30.0 Å². The Kier molecular flexibility index (Phi) is 9.46. The van der Waals surface area contributed by atoms with Gasteiger partial charge in [0.15, 0.2) is 6.61 Å². The lowest BCUT2D eigenvalue weighted by atomic mass is 9.77. The molecule has 2 amide bonds. The van der Waals surface area contributed by atoms with E-state index in [1.54, 1.807) is 12.1 Å². The molecule has 2 aliphatic rings. The highest BCUT2D eigenvalue weighted by atomic mass is 32.2. The van der Waals surface area contributed by atoms with Gasteiger partial charge in [-0.2, -0.15) is 11.8 Å². The number of ether oxygens (including phenoxy) is 1. The third-order valence-electron chi connectivity index (χ3n) is 6.02. The van der Waals surface area contributed by atoms with Crippen LogP contribution in [0.25, 0.3) is 0 Å². The summed E-state index contributed by atoms with van der Waals surface area (Å²) in [5.74, 6) is 0.313. The number of aliphatic carboxylic acids is 1. The molecule has 2 saturated heterocycles. The molecule has 2 bridgehead atoms. The van der Waals surface area contributed by atoms with Gasteiger partial charge in [-0.25, -0.2) is 0 Å². The van der Waals surface area contributed by atoms with Crippen LogP contribution in [-0.2, 0) is 14.4 Å². The summed E-state index contributed by atoms with van der Waals surface area (Å²) in [7, 11) is 0. The predicted octanol–water partition coefficient (Wildman–Crippen LogP) is 3.01. The largest absolute Gasteiger partial charge is 0.484 e. The molecule has 1 aromatic rings. The number of rotatable bonds is 13. The quantitative estimate of drug-likeness (QED) is 0.309. The molecule has 0 saturated carbocycles. The highest BCUT2D eigenvalue weighted by Crippen LogP contribution is 2.54. The van der Waals surface area contributed by atoms with Crippen molar-refractivity contribution in [3.8, 4) is 5.75 Å². The fourth-order valence-corrected chi connectivity index (χ4v) is 6.42. The lowest BCUT2D eigenvalue weighted by Crippen LogP contribution is -2.43. The van der Waals surface area contributed by atoms with E-state index in [0.29, 0.717) is 41.1 Å². The molecule has 1 aromatic carbocycles. The van der Waals surface area contributed by atoms with Crippen molar-refractivity contribution in [2.75, 3.05) is 19.7 Å². The van der Waals surface area contributed by atoms with Crippen LogP contribution >= 0.6 is 11.8 Å². The Morgan fingerprint density at radius 2 is 1.78 bits per heavy atom. The maximum absolute atomic E-state index is 12.2. The van der Waals surface area contributed by atoms with Crippen LogP contribution in [0, 0.1) is 11.8 Å². The van der Waals surface area contributed by atoms with Gasteiger partial charge in [-0.05, 0) is 56.1 Å². The van der Waals surface area contributed by atoms with Gasteiger partial charge in [-0.1, -0.05) is 30.4 Å². The molecule has 4 atom stereocenters. The van der Waals surface area contributed by atoms with Crippen LogP contribution in [0.5, 0.6) is 5.75 Å². The second kappa shape index (κ2) is 12.5. The van der Waals surface area contributed by atoms with Crippen molar-refractivity contribution in [2.24, 2.45) is 11.8 Å². The number of unbranched alkanes of at least 4 members (excludes halogenated alkanes) is 1. The average Bonchev–Trinajstić information content (AvgIpc) is 3.39. The van der Waals surface area contributed by atoms with E-state index < -0.39 is 5.97 Å². The maximum atomic E-state index is 12.2. The number of carbonyl (C=O) groups is 3. The number of carboxylic acid groups (broad SMARTS) is 1. The molecular weight excluding hydrogens is 428 g/mol. The molecule has 0 aromatic heterocycles. The molecule has 4 unspecified atom stereocenters. The van der Waals surface area contributed by atoms with Crippen molar-refractivity contribution in [1.29, 1.82) is 0 Å². The number of hydrogen-bond acceptors (Lipinski definition) is 5. The van der Waals surface area contributed by atoms with E-state index in [9.17, 15) is 14.4 Å². The molecule has 7 nitrogen and oxygen atoms in total. The fourth-order valence-electron chi connectivity index (χ4n) is 4.41. The normalized spacial score (nSPS) is 23.9. The Morgan fingerprint density at radius 1 is 1.03 bits per heavy atom. The van der Waals surface area contributed by atoms with Gasteiger partial charge in [-0.15, -0.1) is 0 Å². The summed E-state index contributed by atoms with van der Waals surface area (Å²) in [6.07, 6.45) is 9.32. The van der Waals surface area contributed by atoms with Gasteiger partial charge < -0.3 is 20.5 Å². The van der Waals surface area contributed by atoms with E-state index in [-0.39, 0.29) is 31.4 Å². The maximum Gasteiger partial charge on any atom is 0.303 e. The lowest BCUT2D eigenvalue weighted by molar-refractivity contribution is -0.137. The summed E-state index contributed by atoms with van der Waals surface area (Å²) < 4.78 is 5.38.